The summed E-state index contributed by atoms with van der Waals surface area (Å²) in [5, 5.41) is 53.3. The van der Waals surface area contributed by atoms with E-state index in [1.807, 2.05) is 38.2 Å². The smallest absolute Gasteiger partial charge is 0.329 e. The van der Waals surface area contributed by atoms with Gasteiger partial charge in [-0.1, -0.05) is 58.1 Å². The average Bonchev–Trinajstić information content (AvgIpc) is 3.31. The number of hydrogen-bond donors (Lipinski definition) is 5. The van der Waals surface area contributed by atoms with Crippen LogP contribution in [-0.4, -0.2) is 173 Å². The lowest BCUT2D eigenvalue weighted by Crippen LogP contribution is -2.64. The quantitative estimate of drug-likeness (QED) is 0.0930. The molecule has 0 radical (unpaired) electrons. The summed E-state index contributed by atoms with van der Waals surface area (Å²) in [7, 11) is 4.56. The number of cyclic esters (lactones) is 1. The van der Waals surface area contributed by atoms with E-state index in [1.54, 1.807) is 27.9 Å². The maximum Gasteiger partial charge on any atom is 0.329 e. The summed E-state index contributed by atoms with van der Waals surface area (Å²) < 4.78 is 30.0. The standard InChI is InChI=1S/C51H82N2O15.CH4/c1-31-24-32(2)26-43(65-7)47-44(66-8)28-34(4)51(63,68-47)48(60)49(61)53-19-13-12-15-38(53)50(62)67-46(33(3)27-36-17-18-39(56)42(29-36)64-6)35(5)40(57)30-41(58)37(25-31)14-10-9-11-16-45(59)52(20-22-54)21-23-55;/h9-10,25,27,32,34-40,42-44,46-47,54-57,63H,11-24,26,28-30H2,1-8H3;1H4/b10-9+,31-25+,33-27+;/t32-,34+,35+,36-,37+,38-,39+,40-,42+,43-,44-,46+,47+,51+;/m0./s1. The van der Waals surface area contributed by atoms with Crippen LogP contribution in [0.4, 0.5) is 0 Å². The fourth-order valence-corrected chi connectivity index (χ4v) is 10.6. The Morgan fingerprint density at radius 3 is 2.17 bits per heavy atom. The van der Waals surface area contributed by atoms with Crippen LogP contribution in [0.25, 0.3) is 0 Å². The lowest BCUT2D eigenvalue weighted by atomic mass is 9.81. The van der Waals surface area contributed by atoms with Crippen molar-refractivity contribution < 1.29 is 73.2 Å². The molecule has 2 amide bonds. The normalized spacial score (nSPS) is 35.8. The zero-order valence-electron chi connectivity index (χ0n) is 41.8. The largest absolute Gasteiger partial charge is 0.456 e. The van der Waals surface area contributed by atoms with Crippen molar-refractivity contribution in [2.24, 2.45) is 29.6 Å². The molecule has 17 nitrogen and oxygen atoms in total. The lowest BCUT2D eigenvalue weighted by molar-refractivity contribution is -0.302. The molecule has 3 aliphatic heterocycles. The van der Waals surface area contributed by atoms with E-state index in [2.05, 4.69) is 0 Å². The summed E-state index contributed by atoms with van der Waals surface area (Å²) in [5.41, 5.74) is 1.50. The van der Waals surface area contributed by atoms with Crippen LogP contribution >= 0.6 is 0 Å². The molecule has 69 heavy (non-hydrogen) atoms. The molecule has 4 aliphatic rings. The Hall–Kier alpha value is -3.39. The van der Waals surface area contributed by atoms with Gasteiger partial charge in [0, 0.05) is 71.6 Å². The summed E-state index contributed by atoms with van der Waals surface area (Å²) in [4.78, 5) is 72.9. The second kappa shape index (κ2) is 28.6. The predicted octanol–water partition coefficient (Wildman–Crippen LogP) is 4.24. The Bertz CT molecular complexity index is 1760. The topological polar surface area (TPSA) is 239 Å². The molecule has 1 saturated carbocycles. The van der Waals surface area contributed by atoms with E-state index < -0.39 is 90.0 Å². The third kappa shape index (κ3) is 16.1. The van der Waals surface area contributed by atoms with E-state index >= 15 is 0 Å². The number of nitrogens with zero attached hydrogens (tertiary/aromatic N) is 2. The van der Waals surface area contributed by atoms with Gasteiger partial charge in [0.1, 0.15) is 24.0 Å². The van der Waals surface area contributed by atoms with Crippen LogP contribution in [0, 0.1) is 29.6 Å². The number of rotatable bonds is 14. The minimum absolute atomic E-state index is 0. The van der Waals surface area contributed by atoms with Crippen molar-refractivity contribution in [3.05, 3.63) is 35.5 Å². The first-order valence-corrected chi connectivity index (χ1v) is 24.8. The third-order valence-electron chi connectivity index (χ3n) is 14.6. The van der Waals surface area contributed by atoms with Crippen LogP contribution in [-0.2, 0) is 47.7 Å². The highest BCUT2D eigenvalue weighted by Crippen LogP contribution is 2.39. The number of aliphatic hydroxyl groups is 5. The van der Waals surface area contributed by atoms with Crippen molar-refractivity contribution >= 4 is 29.4 Å². The van der Waals surface area contributed by atoms with Crippen LogP contribution in [0.3, 0.4) is 0 Å². The Morgan fingerprint density at radius 2 is 1.54 bits per heavy atom. The molecule has 2 bridgehead atoms. The van der Waals surface area contributed by atoms with E-state index in [0.29, 0.717) is 56.9 Å². The van der Waals surface area contributed by atoms with Crippen molar-refractivity contribution in [3.63, 3.8) is 0 Å². The molecule has 0 unspecified atom stereocenters. The fraction of sp³-hybridized carbons (Fsp3) is 0.788. The average molecular weight is 979 g/mol. The number of ketones is 2. The monoisotopic (exact) mass is 979 g/mol. The first-order chi connectivity index (χ1) is 32.3. The maximum absolute atomic E-state index is 14.5. The first-order valence-electron chi connectivity index (χ1n) is 24.8. The van der Waals surface area contributed by atoms with Crippen molar-refractivity contribution in [1.82, 2.24) is 9.80 Å². The van der Waals surface area contributed by atoms with Gasteiger partial charge in [-0.15, -0.1) is 0 Å². The van der Waals surface area contributed by atoms with Crippen LogP contribution in [0.5, 0.6) is 0 Å². The Morgan fingerprint density at radius 1 is 0.884 bits per heavy atom. The molecule has 3 fully saturated rings. The molecule has 17 heteroatoms. The van der Waals surface area contributed by atoms with Gasteiger partial charge in [0.15, 0.2) is 0 Å². The highest BCUT2D eigenvalue weighted by Gasteiger charge is 2.56. The predicted molar refractivity (Wildman–Crippen MR) is 258 cm³/mol. The van der Waals surface area contributed by atoms with E-state index in [4.69, 9.17) is 23.7 Å². The zero-order valence-corrected chi connectivity index (χ0v) is 41.8. The Labute approximate surface area is 410 Å². The second-order valence-corrected chi connectivity index (χ2v) is 19.8. The number of amides is 2. The summed E-state index contributed by atoms with van der Waals surface area (Å²) in [5.74, 6) is -8.58. The molecule has 2 saturated heterocycles. The first kappa shape index (κ1) is 59.9. The van der Waals surface area contributed by atoms with Crippen molar-refractivity contribution in [2.45, 2.75) is 180 Å². The minimum atomic E-state index is -2.56. The van der Waals surface area contributed by atoms with Gasteiger partial charge >= 0.3 is 5.97 Å². The van der Waals surface area contributed by atoms with E-state index in [-0.39, 0.29) is 95.9 Å². The number of hydrogen-bond acceptors (Lipinski definition) is 15. The number of allylic oxidation sites excluding steroid dienone is 5. The third-order valence-corrected chi connectivity index (χ3v) is 14.6. The summed E-state index contributed by atoms with van der Waals surface area (Å²) in [6, 6.07) is -1.19. The van der Waals surface area contributed by atoms with Gasteiger partial charge in [-0.25, -0.2) is 4.79 Å². The molecule has 0 spiro atoms. The van der Waals surface area contributed by atoms with Gasteiger partial charge in [-0.2, -0.15) is 0 Å². The van der Waals surface area contributed by atoms with Gasteiger partial charge in [0.05, 0.1) is 43.7 Å². The summed E-state index contributed by atoms with van der Waals surface area (Å²) in [6.07, 6.45) is 6.37. The van der Waals surface area contributed by atoms with Gasteiger partial charge < -0.3 is 59.0 Å². The van der Waals surface area contributed by atoms with E-state index in [0.717, 1.165) is 10.5 Å². The van der Waals surface area contributed by atoms with Crippen molar-refractivity contribution in [3.8, 4) is 0 Å². The number of esters is 1. The molecule has 5 N–H and O–H groups in total. The number of methoxy groups -OCH3 is 3. The van der Waals surface area contributed by atoms with E-state index in [1.165, 1.54) is 19.1 Å². The minimum Gasteiger partial charge on any atom is -0.456 e. The fourth-order valence-electron chi connectivity index (χ4n) is 10.6. The number of carbonyl (C=O) groups excluding carboxylic acids is 5. The van der Waals surface area contributed by atoms with Crippen LogP contribution < -0.4 is 0 Å². The number of fused-ring (bicyclic) bond motifs is 3. The SMILES string of the molecule is C.CO[C@H]1C[C@@H](C)C/C(C)=C/[C@@H](C/C=C/CCC(=O)N(CCO)CCO)C(=O)C[C@H](O)[C@@H](C)[C@@H](/C(C)=C/[C@@H]2CC[C@@H](O)[C@H](OC)C2)OC(=O)[C@@H]2CCCCN2C(=O)C(=O)[C@]2(O)O[C@H]1[C@@H](OC)C[C@H]2C. The molecule has 0 aromatic rings. The van der Waals surface area contributed by atoms with Crippen molar-refractivity contribution in [1.29, 1.82) is 0 Å². The molecule has 14 atom stereocenters. The molecular formula is C52H86N2O15. The number of piperidine rings is 1. The van der Waals surface area contributed by atoms with Gasteiger partial charge in [0.25, 0.3) is 11.7 Å². The van der Waals surface area contributed by atoms with E-state index in [9.17, 15) is 49.5 Å². The highest BCUT2D eigenvalue weighted by molar-refractivity contribution is 6.39. The van der Waals surface area contributed by atoms with Crippen LogP contribution in [0.15, 0.2) is 35.5 Å². The van der Waals surface area contributed by atoms with Crippen LogP contribution in [0.1, 0.15) is 126 Å². The van der Waals surface area contributed by atoms with Gasteiger partial charge in [0.2, 0.25) is 11.7 Å². The molecule has 0 aromatic carbocycles. The lowest BCUT2D eigenvalue weighted by Gasteiger charge is -2.47. The maximum atomic E-state index is 14.5. The molecule has 1 aliphatic carbocycles. The highest BCUT2D eigenvalue weighted by atomic mass is 16.7. The molecule has 4 rings (SSSR count). The summed E-state index contributed by atoms with van der Waals surface area (Å²) >= 11 is 0. The van der Waals surface area contributed by atoms with Crippen molar-refractivity contribution in [2.75, 3.05) is 54.2 Å². The number of carbonyl (C=O) groups is 5. The Balaban J connectivity index is 0.0000126. The van der Waals surface area contributed by atoms with Crippen LogP contribution in [0.2, 0.25) is 0 Å². The molecule has 394 valence electrons. The number of Topliss-reactive ketones (excluding diaryl/α,β-unsaturated/α-hetero) is 2. The molecule has 3 heterocycles. The number of ether oxygens (including phenoxy) is 5. The summed E-state index contributed by atoms with van der Waals surface area (Å²) in [6.45, 7) is 8.87. The number of aliphatic hydroxyl groups excluding tert-OH is 4. The van der Waals surface area contributed by atoms with Gasteiger partial charge in [-0.3, -0.25) is 19.2 Å². The van der Waals surface area contributed by atoms with Gasteiger partial charge in [-0.05, 0) is 102 Å². The zero-order chi connectivity index (χ0) is 50.3. The Kier molecular flexibility index (Phi) is 24.8. The molecule has 0 aromatic heterocycles. The molecular weight excluding hydrogens is 893 g/mol. The second-order valence-electron chi connectivity index (χ2n) is 19.8.